The number of rotatable bonds is 5. The second-order valence-electron chi connectivity index (χ2n) is 5.50. The van der Waals surface area contributed by atoms with Gasteiger partial charge in [-0.3, -0.25) is 0 Å². The lowest BCUT2D eigenvalue weighted by Gasteiger charge is -2.29. The lowest BCUT2D eigenvalue weighted by atomic mass is 9.79. The van der Waals surface area contributed by atoms with E-state index < -0.39 is 0 Å². The molecule has 1 nitrogen and oxygen atoms in total. The minimum atomic E-state index is 0.135. The second kappa shape index (κ2) is 6.06. The van der Waals surface area contributed by atoms with Crippen LogP contribution in [0, 0.1) is 0 Å². The Kier molecular flexibility index (Phi) is 3.98. The fourth-order valence-electron chi connectivity index (χ4n) is 2.87. The van der Waals surface area contributed by atoms with E-state index >= 15 is 0 Å². The van der Waals surface area contributed by atoms with Crippen molar-refractivity contribution in [2.24, 2.45) is 0 Å². The van der Waals surface area contributed by atoms with E-state index in [-0.39, 0.29) is 5.41 Å². The molecule has 1 heteroatoms. The molecule has 20 heavy (non-hydrogen) atoms. The van der Waals surface area contributed by atoms with Crippen molar-refractivity contribution in [3.8, 4) is 0 Å². The zero-order valence-electron chi connectivity index (χ0n) is 11.7. The first-order chi connectivity index (χ1) is 9.89. The highest BCUT2D eigenvalue weighted by Gasteiger charge is 2.33. The first-order valence-corrected chi connectivity index (χ1v) is 7.21. The lowest BCUT2D eigenvalue weighted by molar-refractivity contribution is 0.0741. The van der Waals surface area contributed by atoms with Crippen LogP contribution in [0.5, 0.6) is 0 Å². The average Bonchev–Trinajstić information content (AvgIpc) is 2.99. The highest BCUT2D eigenvalue weighted by Crippen LogP contribution is 2.37. The van der Waals surface area contributed by atoms with Crippen LogP contribution in [0.25, 0.3) is 0 Å². The number of allylic oxidation sites excluding steroid dienone is 2. The Labute approximate surface area is 120 Å². The zero-order chi connectivity index (χ0) is 13.7. The molecular formula is C19H20O. The van der Waals surface area contributed by atoms with Gasteiger partial charge in [0.15, 0.2) is 0 Å². The molecule has 1 aliphatic rings. The summed E-state index contributed by atoms with van der Waals surface area (Å²) in [6.07, 6.45) is 6.70. The third-order valence-electron chi connectivity index (χ3n) is 4.06. The molecule has 0 amide bonds. The Bertz CT molecular complexity index is 549. The summed E-state index contributed by atoms with van der Waals surface area (Å²) in [5, 5.41) is 0. The Morgan fingerprint density at radius 3 is 2.05 bits per heavy atom. The molecule has 0 spiro atoms. The highest BCUT2D eigenvalue weighted by molar-refractivity contribution is 5.30. The van der Waals surface area contributed by atoms with E-state index in [0.717, 1.165) is 19.4 Å². The topological polar surface area (TPSA) is 9.23 Å². The van der Waals surface area contributed by atoms with Gasteiger partial charge in [-0.2, -0.15) is 0 Å². The Morgan fingerprint density at radius 2 is 1.40 bits per heavy atom. The number of hydrogen-bond donors (Lipinski definition) is 0. The molecule has 0 heterocycles. The molecule has 102 valence electrons. The van der Waals surface area contributed by atoms with E-state index in [1.807, 2.05) is 6.07 Å². The summed E-state index contributed by atoms with van der Waals surface area (Å²) in [5.41, 5.74) is 2.76. The third-order valence-corrected chi connectivity index (χ3v) is 4.06. The van der Waals surface area contributed by atoms with Crippen LogP contribution in [-0.4, -0.2) is 6.61 Å². The number of benzene rings is 2. The van der Waals surface area contributed by atoms with Gasteiger partial charge in [0.05, 0.1) is 13.2 Å². The van der Waals surface area contributed by atoms with E-state index in [4.69, 9.17) is 4.74 Å². The fraction of sp³-hybridized carbons (Fsp3) is 0.263. The van der Waals surface area contributed by atoms with Gasteiger partial charge in [0.2, 0.25) is 0 Å². The van der Waals surface area contributed by atoms with Crippen LogP contribution in [0.2, 0.25) is 0 Å². The Morgan fingerprint density at radius 1 is 0.800 bits per heavy atom. The van der Waals surface area contributed by atoms with E-state index in [2.05, 4.69) is 66.7 Å². The molecule has 0 N–H and O–H groups in total. The van der Waals surface area contributed by atoms with Gasteiger partial charge in [-0.1, -0.05) is 72.8 Å². The van der Waals surface area contributed by atoms with Crippen LogP contribution in [0.3, 0.4) is 0 Å². The predicted molar refractivity (Wildman–Crippen MR) is 82.6 cm³/mol. The molecule has 0 fully saturated rings. The molecule has 0 unspecified atom stereocenters. The summed E-state index contributed by atoms with van der Waals surface area (Å²) in [6, 6.07) is 21.1. The molecule has 0 saturated carbocycles. The van der Waals surface area contributed by atoms with Crippen molar-refractivity contribution >= 4 is 0 Å². The summed E-state index contributed by atoms with van der Waals surface area (Å²) in [6.45, 7) is 1.47. The van der Waals surface area contributed by atoms with Crippen molar-refractivity contribution in [1.29, 1.82) is 0 Å². The average molecular weight is 264 g/mol. The summed E-state index contributed by atoms with van der Waals surface area (Å²) in [7, 11) is 0. The monoisotopic (exact) mass is 264 g/mol. The number of hydrogen-bond acceptors (Lipinski definition) is 1. The van der Waals surface area contributed by atoms with Gasteiger partial charge in [0.25, 0.3) is 0 Å². The second-order valence-corrected chi connectivity index (χ2v) is 5.50. The molecule has 0 atom stereocenters. The molecule has 0 aliphatic heterocycles. The maximum Gasteiger partial charge on any atom is 0.0717 e. The van der Waals surface area contributed by atoms with E-state index in [0.29, 0.717) is 6.61 Å². The van der Waals surface area contributed by atoms with Crippen molar-refractivity contribution in [1.82, 2.24) is 0 Å². The van der Waals surface area contributed by atoms with Crippen LogP contribution in [-0.2, 0) is 16.8 Å². The van der Waals surface area contributed by atoms with Crippen molar-refractivity contribution < 1.29 is 4.74 Å². The van der Waals surface area contributed by atoms with Gasteiger partial charge in [0, 0.05) is 5.41 Å². The first-order valence-electron chi connectivity index (χ1n) is 7.21. The van der Waals surface area contributed by atoms with Gasteiger partial charge in [-0.25, -0.2) is 0 Å². The number of ether oxygens (including phenoxy) is 1. The largest absolute Gasteiger partial charge is 0.376 e. The third kappa shape index (κ3) is 2.83. The van der Waals surface area contributed by atoms with E-state index in [1.165, 1.54) is 11.1 Å². The van der Waals surface area contributed by atoms with Gasteiger partial charge in [-0.05, 0) is 24.0 Å². The molecule has 0 saturated heterocycles. The highest BCUT2D eigenvalue weighted by atomic mass is 16.5. The smallest absolute Gasteiger partial charge is 0.0717 e. The molecule has 1 aliphatic carbocycles. The molecule has 2 aromatic carbocycles. The van der Waals surface area contributed by atoms with Crippen molar-refractivity contribution in [2.45, 2.75) is 24.9 Å². The molecular weight excluding hydrogens is 244 g/mol. The summed E-state index contributed by atoms with van der Waals surface area (Å²) in [4.78, 5) is 0. The zero-order valence-corrected chi connectivity index (χ0v) is 11.7. The van der Waals surface area contributed by atoms with Crippen LogP contribution in [0.15, 0.2) is 72.8 Å². The predicted octanol–water partition coefficient (Wildman–Crippen LogP) is 4.49. The SMILES string of the molecule is C1=CCC(COCc2ccccc2)(c2ccccc2)C1. The van der Waals surface area contributed by atoms with E-state index in [9.17, 15) is 0 Å². The van der Waals surface area contributed by atoms with Crippen LogP contribution in [0.1, 0.15) is 24.0 Å². The molecule has 2 aromatic rings. The summed E-state index contributed by atoms with van der Waals surface area (Å²) < 4.78 is 6.02. The van der Waals surface area contributed by atoms with E-state index in [1.54, 1.807) is 0 Å². The normalized spacial score (nSPS) is 16.4. The molecule has 0 radical (unpaired) electrons. The summed E-state index contributed by atoms with van der Waals surface area (Å²) >= 11 is 0. The van der Waals surface area contributed by atoms with Gasteiger partial charge >= 0.3 is 0 Å². The maximum absolute atomic E-state index is 6.02. The maximum atomic E-state index is 6.02. The van der Waals surface area contributed by atoms with Gasteiger partial charge < -0.3 is 4.74 Å². The fourth-order valence-corrected chi connectivity index (χ4v) is 2.87. The first kappa shape index (κ1) is 13.1. The van der Waals surface area contributed by atoms with Gasteiger partial charge in [0.1, 0.15) is 0 Å². The standard InChI is InChI=1S/C19H20O/c1-3-9-17(10-4-1)15-20-16-19(13-7-8-14-19)18-11-5-2-6-12-18/h1-12H,13-16H2. The quantitative estimate of drug-likeness (QED) is 0.723. The lowest BCUT2D eigenvalue weighted by Crippen LogP contribution is -2.28. The van der Waals surface area contributed by atoms with Crippen molar-refractivity contribution in [3.63, 3.8) is 0 Å². The van der Waals surface area contributed by atoms with Crippen molar-refractivity contribution in [2.75, 3.05) is 6.61 Å². The van der Waals surface area contributed by atoms with Gasteiger partial charge in [-0.15, -0.1) is 0 Å². The minimum Gasteiger partial charge on any atom is -0.376 e. The molecule has 0 bridgehead atoms. The van der Waals surface area contributed by atoms with Crippen molar-refractivity contribution in [3.05, 3.63) is 83.9 Å². The van der Waals surface area contributed by atoms with Crippen LogP contribution >= 0.6 is 0 Å². The molecule has 0 aromatic heterocycles. The molecule has 3 rings (SSSR count). The minimum absolute atomic E-state index is 0.135. The van der Waals surface area contributed by atoms with Crippen LogP contribution < -0.4 is 0 Å². The Hall–Kier alpha value is -1.86. The van der Waals surface area contributed by atoms with Crippen LogP contribution in [0.4, 0.5) is 0 Å². The Balaban J connectivity index is 1.67. The summed E-state index contributed by atoms with van der Waals surface area (Å²) in [5.74, 6) is 0.